The summed E-state index contributed by atoms with van der Waals surface area (Å²) in [5, 5.41) is 11.8. The minimum atomic E-state index is -0.236. The first-order valence-corrected chi connectivity index (χ1v) is 8.35. The number of nitrogens with zero attached hydrogens (tertiary/aromatic N) is 2. The third kappa shape index (κ3) is 4.21. The Labute approximate surface area is 143 Å². The molecule has 1 heterocycles. The lowest BCUT2D eigenvalue weighted by molar-refractivity contribution is -0.118. The van der Waals surface area contributed by atoms with Crippen LogP contribution in [0.5, 0.6) is 0 Å². The van der Waals surface area contributed by atoms with Crippen LogP contribution < -0.4 is 5.32 Å². The van der Waals surface area contributed by atoms with Crippen LogP contribution in [0.4, 0.5) is 0 Å². The Balaban J connectivity index is 1.64. The first-order valence-electron chi connectivity index (χ1n) is 7.09. The lowest BCUT2D eigenvalue weighted by Crippen LogP contribution is -2.26. The minimum Gasteiger partial charge on any atom is -0.303 e. The SMILES string of the molecule is O=C1N/C(=N/N=C/c2ccccc2)SC1Cc1ccccc1Cl. The van der Waals surface area contributed by atoms with Crippen molar-refractivity contribution in [3.8, 4) is 0 Å². The van der Waals surface area contributed by atoms with Gasteiger partial charge in [0.15, 0.2) is 5.17 Å². The van der Waals surface area contributed by atoms with E-state index in [0.717, 1.165) is 11.1 Å². The number of benzene rings is 2. The maximum Gasteiger partial charge on any atom is 0.239 e. The van der Waals surface area contributed by atoms with E-state index in [-0.39, 0.29) is 11.2 Å². The van der Waals surface area contributed by atoms with Crippen LogP contribution in [0, 0.1) is 0 Å². The Morgan fingerprint density at radius 1 is 1.13 bits per heavy atom. The second-order valence-electron chi connectivity index (χ2n) is 4.95. The highest BCUT2D eigenvalue weighted by Crippen LogP contribution is 2.26. The molecule has 0 spiro atoms. The molecule has 6 heteroatoms. The van der Waals surface area contributed by atoms with Gasteiger partial charge in [-0.15, -0.1) is 5.10 Å². The van der Waals surface area contributed by atoms with Gasteiger partial charge in [-0.3, -0.25) is 4.79 Å². The van der Waals surface area contributed by atoms with Gasteiger partial charge in [-0.1, -0.05) is 71.9 Å². The second-order valence-corrected chi connectivity index (χ2v) is 6.55. The number of carbonyl (C=O) groups excluding carboxylic acids is 1. The summed E-state index contributed by atoms with van der Waals surface area (Å²) in [5.74, 6) is -0.0661. The van der Waals surface area contributed by atoms with E-state index in [2.05, 4.69) is 15.5 Å². The molecule has 1 aliphatic heterocycles. The summed E-state index contributed by atoms with van der Waals surface area (Å²) in [6, 6.07) is 17.2. The highest BCUT2D eigenvalue weighted by atomic mass is 35.5. The summed E-state index contributed by atoms with van der Waals surface area (Å²) < 4.78 is 0. The molecule has 1 amide bonds. The minimum absolute atomic E-state index is 0.0661. The van der Waals surface area contributed by atoms with Crippen molar-refractivity contribution in [1.82, 2.24) is 5.32 Å². The van der Waals surface area contributed by atoms with Crippen LogP contribution in [0.2, 0.25) is 5.02 Å². The fourth-order valence-electron chi connectivity index (χ4n) is 2.14. The first-order chi connectivity index (χ1) is 11.2. The van der Waals surface area contributed by atoms with E-state index in [0.29, 0.717) is 16.6 Å². The third-order valence-electron chi connectivity index (χ3n) is 3.29. The Morgan fingerprint density at radius 3 is 2.65 bits per heavy atom. The fraction of sp³-hybridized carbons (Fsp3) is 0.118. The molecule has 0 aliphatic carbocycles. The monoisotopic (exact) mass is 343 g/mol. The number of amidine groups is 1. The van der Waals surface area contributed by atoms with E-state index in [9.17, 15) is 4.79 Å². The van der Waals surface area contributed by atoms with E-state index in [4.69, 9.17) is 11.6 Å². The summed E-state index contributed by atoms with van der Waals surface area (Å²) in [6.45, 7) is 0. The molecule has 0 bridgehead atoms. The number of hydrogen-bond acceptors (Lipinski definition) is 4. The van der Waals surface area contributed by atoms with Gasteiger partial charge in [0.25, 0.3) is 0 Å². The van der Waals surface area contributed by atoms with Crippen molar-refractivity contribution < 1.29 is 4.79 Å². The van der Waals surface area contributed by atoms with Crippen molar-refractivity contribution in [2.75, 3.05) is 0 Å². The molecule has 0 aromatic heterocycles. The van der Waals surface area contributed by atoms with Crippen molar-refractivity contribution in [3.05, 3.63) is 70.7 Å². The maximum absolute atomic E-state index is 12.0. The summed E-state index contributed by atoms with van der Waals surface area (Å²) in [7, 11) is 0. The molecular formula is C17H14ClN3OS. The van der Waals surface area contributed by atoms with Gasteiger partial charge in [-0.2, -0.15) is 5.10 Å². The van der Waals surface area contributed by atoms with Crippen LogP contribution in [0.3, 0.4) is 0 Å². The highest BCUT2D eigenvalue weighted by Gasteiger charge is 2.30. The largest absolute Gasteiger partial charge is 0.303 e. The molecule has 1 N–H and O–H groups in total. The smallest absolute Gasteiger partial charge is 0.239 e. The van der Waals surface area contributed by atoms with Crippen molar-refractivity contribution in [2.24, 2.45) is 10.2 Å². The van der Waals surface area contributed by atoms with Crippen LogP contribution in [-0.2, 0) is 11.2 Å². The van der Waals surface area contributed by atoms with Gasteiger partial charge in [0.1, 0.15) is 0 Å². The topological polar surface area (TPSA) is 53.8 Å². The molecule has 2 aromatic rings. The molecule has 23 heavy (non-hydrogen) atoms. The number of rotatable bonds is 4. The molecule has 1 atom stereocenters. The quantitative estimate of drug-likeness (QED) is 0.682. The number of halogens is 1. The molecular weight excluding hydrogens is 330 g/mol. The highest BCUT2D eigenvalue weighted by molar-refractivity contribution is 8.15. The Kier molecular flexibility index (Phi) is 5.10. The van der Waals surface area contributed by atoms with Gasteiger partial charge in [0.2, 0.25) is 5.91 Å². The first kappa shape index (κ1) is 15.8. The molecule has 0 saturated carbocycles. The van der Waals surface area contributed by atoms with Gasteiger partial charge < -0.3 is 5.32 Å². The predicted octanol–water partition coefficient (Wildman–Crippen LogP) is 3.50. The molecule has 3 rings (SSSR count). The zero-order valence-corrected chi connectivity index (χ0v) is 13.7. The Morgan fingerprint density at radius 2 is 1.87 bits per heavy atom. The lowest BCUT2D eigenvalue weighted by atomic mass is 10.1. The number of nitrogens with one attached hydrogen (secondary N) is 1. The van der Waals surface area contributed by atoms with Crippen LogP contribution >= 0.6 is 23.4 Å². The molecule has 116 valence electrons. The number of carbonyl (C=O) groups is 1. The van der Waals surface area contributed by atoms with Crippen molar-refractivity contribution >= 4 is 40.7 Å². The van der Waals surface area contributed by atoms with Crippen molar-refractivity contribution in [3.63, 3.8) is 0 Å². The van der Waals surface area contributed by atoms with Gasteiger partial charge >= 0.3 is 0 Å². The molecule has 0 radical (unpaired) electrons. The van der Waals surface area contributed by atoms with E-state index < -0.39 is 0 Å². The van der Waals surface area contributed by atoms with Crippen LogP contribution in [0.1, 0.15) is 11.1 Å². The molecule has 1 unspecified atom stereocenters. The fourth-order valence-corrected chi connectivity index (χ4v) is 3.30. The summed E-state index contributed by atoms with van der Waals surface area (Å²) in [6.07, 6.45) is 2.22. The Bertz CT molecular complexity index is 761. The van der Waals surface area contributed by atoms with Crippen molar-refractivity contribution in [2.45, 2.75) is 11.7 Å². The normalized spacial score (nSPS) is 19.4. The number of thioether (sulfide) groups is 1. The molecule has 1 aliphatic rings. The molecule has 1 fully saturated rings. The standard InChI is InChI=1S/C17H14ClN3OS/c18-14-9-5-4-8-13(14)10-15-16(22)20-17(23-15)21-19-11-12-6-2-1-3-7-12/h1-9,11,15H,10H2,(H,20,21,22)/b19-11+. The van der Waals surface area contributed by atoms with Gasteiger partial charge in [-0.05, 0) is 23.6 Å². The summed E-state index contributed by atoms with van der Waals surface area (Å²) in [4.78, 5) is 12.0. The zero-order valence-electron chi connectivity index (χ0n) is 12.1. The van der Waals surface area contributed by atoms with Gasteiger partial charge in [-0.25, -0.2) is 0 Å². The van der Waals surface area contributed by atoms with Crippen molar-refractivity contribution in [1.29, 1.82) is 0 Å². The number of hydrogen-bond donors (Lipinski definition) is 1. The van der Waals surface area contributed by atoms with Crippen LogP contribution in [-0.4, -0.2) is 22.5 Å². The summed E-state index contributed by atoms with van der Waals surface area (Å²) in [5.41, 5.74) is 1.91. The predicted molar refractivity (Wildman–Crippen MR) is 96.1 cm³/mol. The van der Waals surface area contributed by atoms with Gasteiger partial charge in [0, 0.05) is 5.02 Å². The number of amides is 1. The Hall–Kier alpha value is -2.11. The van der Waals surface area contributed by atoms with Crippen LogP contribution in [0.25, 0.3) is 0 Å². The van der Waals surface area contributed by atoms with E-state index >= 15 is 0 Å². The molecule has 1 saturated heterocycles. The average molecular weight is 344 g/mol. The zero-order chi connectivity index (χ0) is 16.1. The van der Waals surface area contributed by atoms with E-state index in [1.165, 1.54) is 11.8 Å². The van der Waals surface area contributed by atoms with Gasteiger partial charge in [0.05, 0.1) is 11.5 Å². The lowest BCUT2D eigenvalue weighted by Gasteiger charge is -2.06. The van der Waals surface area contributed by atoms with E-state index in [1.807, 2.05) is 54.6 Å². The van der Waals surface area contributed by atoms with E-state index in [1.54, 1.807) is 6.21 Å². The third-order valence-corrected chi connectivity index (χ3v) is 4.74. The van der Waals surface area contributed by atoms with Crippen LogP contribution in [0.15, 0.2) is 64.8 Å². The second kappa shape index (κ2) is 7.44. The summed E-state index contributed by atoms with van der Waals surface area (Å²) >= 11 is 7.52. The molecule has 2 aromatic carbocycles. The average Bonchev–Trinajstić information content (AvgIpc) is 2.90. The molecule has 4 nitrogen and oxygen atoms in total. The maximum atomic E-state index is 12.0.